The number of hydrogen-bond donors (Lipinski definition) is 1. The van der Waals surface area contributed by atoms with Crippen LogP contribution in [0, 0.1) is 6.92 Å². The van der Waals surface area contributed by atoms with E-state index in [0.717, 1.165) is 24.5 Å². The van der Waals surface area contributed by atoms with Crippen LogP contribution in [0.5, 0.6) is 11.6 Å². The van der Waals surface area contributed by atoms with Crippen LogP contribution in [-0.2, 0) is 6.42 Å². The van der Waals surface area contributed by atoms with Crippen molar-refractivity contribution < 1.29 is 4.74 Å². The first kappa shape index (κ1) is 15.3. The molecule has 1 aromatic carbocycles. The van der Waals surface area contributed by atoms with Crippen molar-refractivity contribution in [3.05, 3.63) is 41.7 Å². The molecule has 1 N–H and O–H groups in total. The van der Waals surface area contributed by atoms with Gasteiger partial charge >= 0.3 is 0 Å². The van der Waals surface area contributed by atoms with Gasteiger partial charge in [-0.2, -0.15) is 4.98 Å². The third kappa shape index (κ3) is 4.74. The Balaban J connectivity index is 2.07. The predicted octanol–water partition coefficient (Wildman–Crippen LogP) is 4.35. The molecule has 0 unspecified atom stereocenters. The molecule has 1 heterocycles. The third-order valence-electron chi connectivity index (χ3n) is 3.14. The Labute approximate surface area is 126 Å². The van der Waals surface area contributed by atoms with Gasteiger partial charge in [-0.15, -0.1) is 0 Å². The Kier molecular flexibility index (Phi) is 5.55. The highest BCUT2D eigenvalue weighted by Crippen LogP contribution is 2.22. The topological polar surface area (TPSA) is 47.0 Å². The molecule has 0 spiro atoms. The van der Waals surface area contributed by atoms with Crippen LogP contribution in [0.4, 0.5) is 5.82 Å². The maximum atomic E-state index is 5.81. The van der Waals surface area contributed by atoms with Crippen molar-refractivity contribution in [3.8, 4) is 11.6 Å². The molecule has 0 atom stereocenters. The highest BCUT2D eigenvalue weighted by molar-refractivity contribution is 5.40. The monoisotopic (exact) mass is 285 g/mol. The van der Waals surface area contributed by atoms with Crippen LogP contribution < -0.4 is 10.1 Å². The Morgan fingerprint density at radius 2 is 1.86 bits per heavy atom. The highest BCUT2D eigenvalue weighted by Gasteiger charge is 2.04. The SMILES string of the molecule is CCCCc1ccc(Oc2cc(NCC)nc(C)n2)cc1. The zero-order valence-corrected chi connectivity index (χ0v) is 13.0. The van der Waals surface area contributed by atoms with Crippen molar-refractivity contribution in [2.45, 2.75) is 40.0 Å². The smallest absolute Gasteiger partial charge is 0.224 e. The predicted molar refractivity (Wildman–Crippen MR) is 86.1 cm³/mol. The maximum absolute atomic E-state index is 5.81. The minimum atomic E-state index is 0.569. The number of aryl methyl sites for hydroxylation is 2. The summed E-state index contributed by atoms with van der Waals surface area (Å²) in [4.78, 5) is 8.62. The van der Waals surface area contributed by atoms with Crippen LogP contribution in [0.2, 0.25) is 0 Å². The summed E-state index contributed by atoms with van der Waals surface area (Å²) in [6.07, 6.45) is 3.55. The molecule has 0 aliphatic carbocycles. The molecule has 2 aromatic rings. The summed E-state index contributed by atoms with van der Waals surface area (Å²) in [6, 6.07) is 10.0. The van der Waals surface area contributed by atoms with Crippen molar-refractivity contribution in [3.63, 3.8) is 0 Å². The Bertz CT molecular complexity index is 567. The van der Waals surface area contributed by atoms with Crippen molar-refractivity contribution in [1.29, 1.82) is 0 Å². The van der Waals surface area contributed by atoms with Crippen molar-refractivity contribution in [2.75, 3.05) is 11.9 Å². The first-order valence-corrected chi connectivity index (χ1v) is 7.57. The minimum absolute atomic E-state index is 0.569. The van der Waals surface area contributed by atoms with E-state index in [0.29, 0.717) is 11.7 Å². The Morgan fingerprint density at radius 3 is 2.52 bits per heavy atom. The molecule has 0 saturated heterocycles. The summed E-state index contributed by atoms with van der Waals surface area (Å²) in [5, 5.41) is 3.18. The summed E-state index contributed by atoms with van der Waals surface area (Å²) in [7, 11) is 0. The second-order valence-electron chi connectivity index (χ2n) is 5.02. The lowest BCUT2D eigenvalue weighted by atomic mass is 10.1. The molecular weight excluding hydrogens is 262 g/mol. The van der Waals surface area contributed by atoms with Crippen molar-refractivity contribution >= 4 is 5.82 Å². The lowest BCUT2D eigenvalue weighted by Gasteiger charge is -2.09. The average Bonchev–Trinajstić information content (AvgIpc) is 2.46. The zero-order chi connectivity index (χ0) is 15.1. The number of benzene rings is 1. The summed E-state index contributed by atoms with van der Waals surface area (Å²) >= 11 is 0. The standard InChI is InChI=1S/C17H23N3O/c1-4-6-7-14-8-10-15(11-9-14)21-17-12-16(18-5-2)19-13(3)20-17/h8-12H,4-7H2,1-3H3,(H,18,19,20). The second-order valence-corrected chi connectivity index (χ2v) is 5.02. The van der Waals surface area contributed by atoms with Gasteiger partial charge in [0.05, 0.1) is 0 Å². The molecule has 0 saturated carbocycles. The average molecular weight is 285 g/mol. The van der Waals surface area contributed by atoms with Gasteiger partial charge in [-0.1, -0.05) is 25.5 Å². The molecule has 0 amide bonds. The molecule has 0 fully saturated rings. The summed E-state index contributed by atoms with van der Waals surface area (Å²) in [5.41, 5.74) is 1.34. The first-order valence-electron chi connectivity index (χ1n) is 7.57. The van der Waals surface area contributed by atoms with E-state index in [9.17, 15) is 0 Å². The molecular formula is C17H23N3O. The van der Waals surface area contributed by atoms with E-state index in [1.54, 1.807) is 0 Å². The lowest BCUT2D eigenvalue weighted by molar-refractivity contribution is 0.460. The molecule has 4 nitrogen and oxygen atoms in total. The van der Waals surface area contributed by atoms with Gasteiger partial charge in [0, 0.05) is 12.6 Å². The number of rotatable bonds is 7. The van der Waals surface area contributed by atoms with E-state index >= 15 is 0 Å². The van der Waals surface area contributed by atoms with E-state index in [2.05, 4.69) is 34.3 Å². The number of anilines is 1. The number of aromatic nitrogens is 2. The molecule has 21 heavy (non-hydrogen) atoms. The van der Waals surface area contributed by atoms with E-state index in [1.165, 1.54) is 18.4 Å². The second kappa shape index (κ2) is 7.62. The summed E-state index contributed by atoms with van der Waals surface area (Å²) < 4.78 is 5.81. The summed E-state index contributed by atoms with van der Waals surface area (Å²) in [6.45, 7) is 6.92. The highest BCUT2D eigenvalue weighted by atomic mass is 16.5. The number of ether oxygens (including phenoxy) is 1. The molecule has 0 radical (unpaired) electrons. The van der Waals surface area contributed by atoms with Crippen molar-refractivity contribution in [1.82, 2.24) is 9.97 Å². The number of nitrogens with zero attached hydrogens (tertiary/aromatic N) is 2. The van der Waals surface area contributed by atoms with Gasteiger partial charge in [0.15, 0.2) is 0 Å². The van der Waals surface area contributed by atoms with Crippen molar-refractivity contribution in [2.24, 2.45) is 0 Å². The zero-order valence-electron chi connectivity index (χ0n) is 13.0. The molecule has 112 valence electrons. The number of unbranched alkanes of at least 4 members (excludes halogenated alkanes) is 1. The fraction of sp³-hybridized carbons (Fsp3) is 0.412. The summed E-state index contributed by atoms with van der Waals surface area (Å²) in [5.74, 6) is 2.86. The molecule has 0 aliphatic rings. The largest absolute Gasteiger partial charge is 0.439 e. The van der Waals surface area contributed by atoms with Gasteiger partial charge in [-0.05, 0) is 44.4 Å². The quantitative estimate of drug-likeness (QED) is 0.821. The molecule has 2 rings (SSSR count). The fourth-order valence-electron chi connectivity index (χ4n) is 2.09. The van der Waals surface area contributed by atoms with Gasteiger partial charge in [-0.25, -0.2) is 4.98 Å². The Hall–Kier alpha value is -2.10. The van der Waals surface area contributed by atoms with E-state index in [-0.39, 0.29) is 0 Å². The third-order valence-corrected chi connectivity index (χ3v) is 3.14. The van der Waals surface area contributed by atoms with Crippen LogP contribution in [0.25, 0.3) is 0 Å². The first-order chi connectivity index (χ1) is 10.2. The minimum Gasteiger partial charge on any atom is -0.439 e. The fourth-order valence-corrected chi connectivity index (χ4v) is 2.09. The van der Waals surface area contributed by atoms with Crippen LogP contribution in [-0.4, -0.2) is 16.5 Å². The van der Waals surface area contributed by atoms with Crippen LogP contribution in [0.15, 0.2) is 30.3 Å². The van der Waals surface area contributed by atoms with Gasteiger partial charge in [-0.3, -0.25) is 0 Å². The van der Waals surface area contributed by atoms with Crippen LogP contribution in [0.1, 0.15) is 38.1 Å². The molecule has 0 aliphatic heterocycles. The van der Waals surface area contributed by atoms with Crippen LogP contribution >= 0.6 is 0 Å². The maximum Gasteiger partial charge on any atom is 0.224 e. The number of nitrogens with one attached hydrogen (secondary N) is 1. The van der Waals surface area contributed by atoms with E-state index in [4.69, 9.17) is 4.74 Å². The molecule has 1 aromatic heterocycles. The normalized spacial score (nSPS) is 10.4. The van der Waals surface area contributed by atoms with Crippen LogP contribution in [0.3, 0.4) is 0 Å². The van der Waals surface area contributed by atoms with E-state index < -0.39 is 0 Å². The van der Waals surface area contributed by atoms with E-state index in [1.807, 2.05) is 32.0 Å². The van der Waals surface area contributed by atoms with Gasteiger partial charge in [0.2, 0.25) is 5.88 Å². The van der Waals surface area contributed by atoms with Gasteiger partial charge < -0.3 is 10.1 Å². The Morgan fingerprint density at radius 1 is 1.10 bits per heavy atom. The van der Waals surface area contributed by atoms with Gasteiger partial charge in [0.25, 0.3) is 0 Å². The van der Waals surface area contributed by atoms with Gasteiger partial charge in [0.1, 0.15) is 17.4 Å². The lowest BCUT2D eigenvalue weighted by Crippen LogP contribution is -2.02. The molecule has 0 bridgehead atoms. The molecule has 4 heteroatoms. The number of hydrogen-bond acceptors (Lipinski definition) is 4.